The van der Waals surface area contributed by atoms with Crippen LogP contribution in [-0.2, 0) is 0 Å². The van der Waals surface area contributed by atoms with E-state index in [2.05, 4.69) is 34.4 Å². The Hall–Kier alpha value is -2.50. The second-order valence-electron chi connectivity index (χ2n) is 5.36. The summed E-state index contributed by atoms with van der Waals surface area (Å²) in [5, 5.41) is 6.57. The monoisotopic (exact) mass is 316 g/mol. The maximum atomic E-state index is 5.39. The van der Waals surface area contributed by atoms with E-state index in [0.29, 0.717) is 17.7 Å². The Morgan fingerprint density at radius 3 is 2.57 bits per heavy atom. The number of anilines is 3. The molecule has 0 aliphatic heterocycles. The summed E-state index contributed by atoms with van der Waals surface area (Å²) in [5.74, 6) is 2.74. The Bertz CT molecular complexity index is 661. The van der Waals surface area contributed by atoms with E-state index in [1.54, 1.807) is 14.2 Å². The quantitative estimate of drug-likeness (QED) is 0.810. The largest absolute Gasteiger partial charge is 0.497 e. The number of nitrogens with one attached hydrogen (secondary N) is 2. The van der Waals surface area contributed by atoms with Gasteiger partial charge in [0.1, 0.15) is 17.3 Å². The van der Waals surface area contributed by atoms with Crippen molar-refractivity contribution in [3.05, 3.63) is 30.0 Å². The summed E-state index contributed by atoms with van der Waals surface area (Å²) in [6, 6.07) is 7.84. The van der Waals surface area contributed by atoms with Crippen LogP contribution in [0.2, 0.25) is 0 Å². The van der Waals surface area contributed by atoms with Gasteiger partial charge in [-0.3, -0.25) is 0 Å². The summed E-state index contributed by atoms with van der Waals surface area (Å²) in [5.41, 5.74) is 1.68. The van der Waals surface area contributed by atoms with E-state index >= 15 is 0 Å². The van der Waals surface area contributed by atoms with Crippen LogP contribution in [0, 0.1) is 6.92 Å². The molecule has 6 nitrogen and oxygen atoms in total. The van der Waals surface area contributed by atoms with E-state index in [1.165, 1.54) is 0 Å². The molecule has 124 valence electrons. The van der Waals surface area contributed by atoms with Gasteiger partial charge in [0.05, 0.1) is 19.9 Å². The van der Waals surface area contributed by atoms with Crippen LogP contribution in [0.15, 0.2) is 24.3 Å². The Balaban J connectivity index is 2.26. The standard InChI is InChI=1S/C17H24N4O2/c1-6-11(2)18-16-9-12(3)19-17(21-16)20-14-8-7-13(22-4)10-15(14)23-5/h7-11H,6H2,1-5H3,(H2,18,19,20,21). The molecule has 2 N–H and O–H groups in total. The van der Waals surface area contributed by atoms with Gasteiger partial charge in [0.2, 0.25) is 5.95 Å². The molecule has 2 rings (SSSR count). The number of rotatable bonds is 7. The fraction of sp³-hybridized carbons (Fsp3) is 0.412. The van der Waals surface area contributed by atoms with Gasteiger partial charge in [0.15, 0.2) is 0 Å². The molecule has 1 aromatic carbocycles. The lowest BCUT2D eigenvalue weighted by Gasteiger charge is -2.15. The van der Waals surface area contributed by atoms with Crippen molar-refractivity contribution < 1.29 is 9.47 Å². The molecule has 0 fully saturated rings. The molecular weight excluding hydrogens is 292 g/mol. The predicted molar refractivity (Wildman–Crippen MR) is 93.0 cm³/mol. The Kier molecular flexibility index (Phi) is 5.62. The lowest BCUT2D eigenvalue weighted by molar-refractivity contribution is 0.395. The molecule has 0 amide bonds. The molecule has 0 saturated heterocycles. The lowest BCUT2D eigenvalue weighted by atomic mass is 10.2. The normalized spacial score (nSPS) is 11.7. The van der Waals surface area contributed by atoms with Crippen molar-refractivity contribution in [3.8, 4) is 11.5 Å². The van der Waals surface area contributed by atoms with E-state index < -0.39 is 0 Å². The van der Waals surface area contributed by atoms with Gasteiger partial charge in [0, 0.05) is 23.9 Å². The Morgan fingerprint density at radius 2 is 1.91 bits per heavy atom. The van der Waals surface area contributed by atoms with Crippen molar-refractivity contribution in [2.45, 2.75) is 33.2 Å². The molecule has 23 heavy (non-hydrogen) atoms. The molecule has 2 aromatic rings. The van der Waals surface area contributed by atoms with Gasteiger partial charge >= 0.3 is 0 Å². The Labute approximate surface area is 137 Å². The minimum absolute atomic E-state index is 0.354. The number of methoxy groups -OCH3 is 2. The van der Waals surface area contributed by atoms with Crippen molar-refractivity contribution in [2.24, 2.45) is 0 Å². The first-order valence-corrected chi connectivity index (χ1v) is 7.67. The lowest BCUT2D eigenvalue weighted by Crippen LogP contribution is -2.15. The zero-order valence-electron chi connectivity index (χ0n) is 14.3. The number of aromatic nitrogens is 2. The van der Waals surface area contributed by atoms with Crippen LogP contribution in [-0.4, -0.2) is 30.2 Å². The molecule has 0 spiro atoms. The van der Waals surface area contributed by atoms with Crippen LogP contribution >= 0.6 is 0 Å². The van der Waals surface area contributed by atoms with Crippen LogP contribution in [0.25, 0.3) is 0 Å². The van der Waals surface area contributed by atoms with Crippen LogP contribution in [0.4, 0.5) is 17.5 Å². The van der Waals surface area contributed by atoms with Gasteiger partial charge in [0.25, 0.3) is 0 Å². The van der Waals surface area contributed by atoms with Crippen molar-refractivity contribution >= 4 is 17.5 Å². The highest BCUT2D eigenvalue weighted by Gasteiger charge is 2.09. The van der Waals surface area contributed by atoms with Crippen LogP contribution in [0.3, 0.4) is 0 Å². The minimum atomic E-state index is 0.354. The molecule has 1 unspecified atom stereocenters. The van der Waals surface area contributed by atoms with Crippen molar-refractivity contribution in [3.63, 3.8) is 0 Å². The molecular formula is C17H24N4O2. The van der Waals surface area contributed by atoms with Gasteiger partial charge in [-0.2, -0.15) is 4.98 Å². The molecule has 1 atom stereocenters. The number of hydrogen-bond donors (Lipinski definition) is 2. The molecule has 0 saturated carbocycles. The Morgan fingerprint density at radius 1 is 1.13 bits per heavy atom. The van der Waals surface area contributed by atoms with Gasteiger partial charge in [-0.15, -0.1) is 0 Å². The molecule has 1 aromatic heterocycles. The first-order chi connectivity index (χ1) is 11.0. The van der Waals surface area contributed by atoms with Gasteiger partial charge in [-0.05, 0) is 32.4 Å². The zero-order valence-corrected chi connectivity index (χ0v) is 14.3. The predicted octanol–water partition coefficient (Wildman–Crippen LogP) is 3.76. The number of benzene rings is 1. The van der Waals surface area contributed by atoms with Crippen LogP contribution in [0.1, 0.15) is 26.0 Å². The number of hydrogen-bond acceptors (Lipinski definition) is 6. The topological polar surface area (TPSA) is 68.3 Å². The van der Waals surface area contributed by atoms with E-state index in [9.17, 15) is 0 Å². The average molecular weight is 316 g/mol. The van der Waals surface area contributed by atoms with E-state index in [1.807, 2.05) is 31.2 Å². The second-order valence-corrected chi connectivity index (χ2v) is 5.36. The molecule has 1 heterocycles. The summed E-state index contributed by atoms with van der Waals surface area (Å²) < 4.78 is 10.6. The molecule has 0 aliphatic carbocycles. The molecule has 0 radical (unpaired) electrons. The number of aryl methyl sites for hydroxylation is 1. The van der Waals surface area contributed by atoms with E-state index in [4.69, 9.17) is 9.47 Å². The van der Waals surface area contributed by atoms with Crippen molar-refractivity contribution in [1.29, 1.82) is 0 Å². The highest BCUT2D eigenvalue weighted by Crippen LogP contribution is 2.30. The summed E-state index contributed by atoms with van der Waals surface area (Å²) in [4.78, 5) is 8.95. The van der Waals surface area contributed by atoms with Gasteiger partial charge in [-0.25, -0.2) is 4.98 Å². The van der Waals surface area contributed by atoms with E-state index in [0.717, 1.165) is 29.4 Å². The number of nitrogens with zero attached hydrogens (tertiary/aromatic N) is 2. The highest BCUT2D eigenvalue weighted by molar-refractivity contribution is 5.65. The second kappa shape index (κ2) is 7.67. The minimum Gasteiger partial charge on any atom is -0.497 e. The average Bonchev–Trinajstić information content (AvgIpc) is 2.54. The van der Waals surface area contributed by atoms with Crippen molar-refractivity contribution in [2.75, 3.05) is 24.9 Å². The third-order valence-electron chi connectivity index (χ3n) is 3.52. The van der Waals surface area contributed by atoms with Gasteiger partial charge in [-0.1, -0.05) is 6.92 Å². The maximum absolute atomic E-state index is 5.39. The van der Waals surface area contributed by atoms with Crippen molar-refractivity contribution in [1.82, 2.24) is 9.97 Å². The summed E-state index contributed by atoms with van der Waals surface area (Å²) in [7, 11) is 3.24. The first-order valence-electron chi connectivity index (χ1n) is 7.67. The SMILES string of the molecule is CCC(C)Nc1cc(C)nc(Nc2ccc(OC)cc2OC)n1. The first kappa shape index (κ1) is 16.9. The van der Waals surface area contributed by atoms with Crippen LogP contribution in [0.5, 0.6) is 11.5 Å². The zero-order chi connectivity index (χ0) is 16.8. The summed E-state index contributed by atoms with van der Waals surface area (Å²) in [6.45, 7) is 6.20. The van der Waals surface area contributed by atoms with E-state index in [-0.39, 0.29) is 0 Å². The smallest absolute Gasteiger partial charge is 0.229 e. The maximum Gasteiger partial charge on any atom is 0.229 e. The molecule has 0 aliphatic rings. The highest BCUT2D eigenvalue weighted by atomic mass is 16.5. The summed E-state index contributed by atoms with van der Waals surface area (Å²) in [6.07, 6.45) is 1.03. The molecule has 0 bridgehead atoms. The number of ether oxygens (including phenoxy) is 2. The van der Waals surface area contributed by atoms with Gasteiger partial charge < -0.3 is 20.1 Å². The third-order valence-corrected chi connectivity index (χ3v) is 3.52. The van der Waals surface area contributed by atoms with Crippen LogP contribution < -0.4 is 20.1 Å². The fourth-order valence-electron chi connectivity index (χ4n) is 2.08. The summed E-state index contributed by atoms with van der Waals surface area (Å²) >= 11 is 0. The fourth-order valence-corrected chi connectivity index (χ4v) is 2.08. The third kappa shape index (κ3) is 4.48. The molecule has 6 heteroatoms.